The van der Waals surface area contributed by atoms with Crippen LogP contribution >= 0.6 is 0 Å². The third kappa shape index (κ3) is 4.43. The Morgan fingerprint density at radius 1 is 1.12 bits per heavy atom. The molecule has 0 aliphatic carbocycles. The number of carbonyl (C=O) groups is 1. The molecule has 0 spiro atoms. The van der Waals surface area contributed by atoms with Gasteiger partial charge in [-0.05, 0) is 23.3 Å². The highest BCUT2D eigenvalue weighted by molar-refractivity contribution is 7.88. The first-order valence-corrected chi connectivity index (χ1v) is 9.96. The normalized spacial score (nSPS) is 15.2. The molecule has 25 heavy (non-hydrogen) atoms. The van der Waals surface area contributed by atoms with Crippen LogP contribution in [0.5, 0.6) is 0 Å². The molecule has 132 valence electrons. The Morgan fingerprint density at radius 3 is 2.36 bits per heavy atom. The molecular weight excluding hydrogens is 338 g/mol. The van der Waals surface area contributed by atoms with Gasteiger partial charge in [-0.2, -0.15) is 4.31 Å². The molecule has 1 aliphatic rings. The lowest BCUT2D eigenvalue weighted by molar-refractivity contribution is -0.136. The summed E-state index contributed by atoms with van der Waals surface area (Å²) in [6.07, 6.45) is 4.85. The molecule has 0 unspecified atom stereocenters. The van der Waals surface area contributed by atoms with Crippen molar-refractivity contribution in [2.45, 2.75) is 19.0 Å². The third-order valence-corrected chi connectivity index (χ3v) is 5.61. The Labute approximate surface area is 148 Å². The largest absolute Gasteiger partial charge is 0.339 e. The molecule has 1 aromatic heterocycles. The molecule has 0 saturated carbocycles. The standard InChI is InChI=1S/C18H21N3O3S/c1-25(23,24)21(12-16-7-9-19-10-8-16)17-13-20(14-17)18(22)11-15-5-3-2-4-6-15/h2-10,17H,11-14H2,1H3. The van der Waals surface area contributed by atoms with Gasteiger partial charge in [-0.1, -0.05) is 30.3 Å². The van der Waals surface area contributed by atoms with Crippen molar-refractivity contribution in [1.82, 2.24) is 14.2 Å². The van der Waals surface area contributed by atoms with E-state index in [0.717, 1.165) is 11.1 Å². The molecule has 1 amide bonds. The van der Waals surface area contributed by atoms with Crippen LogP contribution < -0.4 is 0 Å². The van der Waals surface area contributed by atoms with Crippen molar-refractivity contribution < 1.29 is 13.2 Å². The number of likely N-dealkylation sites (tertiary alicyclic amines) is 1. The number of hydrogen-bond acceptors (Lipinski definition) is 4. The van der Waals surface area contributed by atoms with Gasteiger partial charge in [0.05, 0.1) is 18.7 Å². The smallest absolute Gasteiger partial charge is 0.227 e. The zero-order valence-electron chi connectivity index (χ0n) is 14.1. The number of rotatable bonds is 6. The summed E-state index contributed by atoms with van der Waals surface area (Å²) in [7, 11) is -3.36. The molecule has 0 N–H and O–H groups in total. The molecule has 1 saturated heterocycles. The Bertz CT molecular complexity index is 819. The summed E-state index contributed by atoms with van der Waals surface area (Å²) >= 11 is 0. The van der Waals surface area contributed by atoms with E-state index in [2.05, 4.69) is 4.98 Å². The number of amides is 1. The predicted molar refractivity (Wildman–Crippen MR) is 95.1 cm³/mol. The van der Waals surface area contributed by atoms with Crippen LogP contribution in [-0.4, -0.2) is 53.9 Å². The fourth-order valence-corrected chi connectivity index (χ4v) is 3.97. The van der Waals surface area contributed by atoms with E-state index >= 15 is 0 Å². The Kier molecular flexibility index (Phi) is 5.15. The van der Waals surface area contributed by atoms with Gasteiger partial charge in [0.25, 0.3) is 0 Å². The first kappa shape index (κ1) is 17.6. The van der Waals surface area contributed by atoms with Gasteiger partial charge in [0.15, 0.2) is 0 Å². The van der Waals surface area contributed by atoms with E-state index in [9.17, 15) is 13.2 Å². The summed E-state index contributed by atoms with van der Waals surface area (Å²) in [6, 6.07) is 13.0. The zero-order valence-corrected chi connectivity index (χ0v) is 14.9. The van der Waals surface area contributed by atoms with E-state index in [4.69, 9.17) is 0 Å². The number of nitrogens with zero attached hydrogens (tertiary/aromatic N) is 3. The minimum atomic E-state index is -3.36. The molecular formula is C18H21N3O3S. The van der Waals surface area contributed by atoms with E-state index in [1.807, 2.05) is 30.3 Å². The van der Waals surface area contributed by atoms with Crippen LogP contribution in [0.15, 0.2) is 54.9 Å². The molecule has 0 bridgehead atoms. The average Bonchev–Trinajstić information content (AvgIpc) is 2.53. The van der Waals surface area contributed by atoms with Gasteiger partial charge in [0.2, 0.25) is 15.9 Å². The summed E-state index contributed by atoms with van der Waals surface area (Å²) in [5.41, 5.74) is 1.85. The highest BCUT2D eigenvalue weighted by atomic mass is 32.2. The average molecular weight is 359 g/mol. The maximum absolute atomic E-state index is 12.3. The van der Waals surface area contributed by atoms with Crippen LogP contribution in [0.25, 0.3) is 0 Å². The number of aromatic nitrogens is 1. The van der Waals surface area contributed by atoms with Gasteiger partial charge in [-0.25, -0.2) is 8.42 Å². The minimum absolute atomic E-state index is 0.0276. The molecule has 1 aromatic carbocycles. The molecule has 2 aromatic rings. The summed E-state index contributed by atoms with van der Waals surface area (Å²) in [5, 5.41) is 0. The maximum Gasteiger partial charge on any atom is 0.227 e. The molecule has 0 atom stereocenters. The number of pyridine rings is 1. The topological polar surface area (TPSA) is 70.6 Å². The molecule has 3 rings (SSSR count). The van der Waals surface area contributed by atoms with E-state index in [-0.39, 0.29) is 11.9 Å². The second-order valence-electron chi connectivity index (χ2n) is 6.28. The molecule has 7 heteroatoms. The highest BCUT2D eigenvalue weighted by Gasteiger charge is 2.38. The first-order chi connectivity index (χ1) is 11.9. The summed E-state index contributed by atoms with van der Waals surface area (Å²) in [6.45, 7) is 1.17. The van der Waals surface area contributed by atoms with Crippen LogP contribution in [0, 0.1) is 0 Å². The lowest BCUT2D eigenvalue weighted by Gasteiger charge is -2.44. The van der Waals surface area contributed by atoms with Gasteiger partial charge < -0.3 is 4.90 Å². The molecule has 2 heterocycles. The summed E-state index contributed by atoms with van der Waals surface area (Å²) < 4.78 is 25.8. The molecule has 1 fully saturated rings. The second-order valence-corrected chi connectivity index (χ2v) is 8.21. The van der Waals surface area contributed by atoms with Crippen LogP contribution in [0.4, 0.5) is 0 Å². The van der Waals surface area contributed by atoms with Crippen molar-refractivity contribution in [2.24, 2.45) is 0 Å². The van der Waals surface area contributed by atoms with E-state index in [1.54, 1.807) is 29.4 Å². The second kappa shape index (κ2) is 7.33. The van der Waals surface area contributed by atoms with Gasteiger partial charge >= 0.3 is 0 Å². The number of carbonyl (C=O) groups excluding carboxylic acids is 1. The third-order valence-electron chi connectivity index (χ3n) is 4.33. The van der Waals surface area contributed by atoms with Crippen molar-refractivity contribution in [1.29, 1.82) is 0 Å². The lowest BCUT2D eigenvalue weighted by atomic mass is 10.1. The Morgan fingerprint density at radius 2 is 1.76 bits per heavy atom. The van der Waals surface area contributed by atoms with Crippen molar-refractivity contribution in [3.63, 3.8) is 0 Å². The van der Waals surface area contributed by atoms with Crippen molar-refractivity contribution >= 4 is 15.9 Å². The Hall–Kier alpha value is -2.25. The zero-order chi connectivity index (χ0) is 17.9. The van der Waals surface area contributed by atoms with Gasteiger partial charge in [-0.15, -0.1) is 0 Å². The number of hydrogen-bond donors (Lipinski definition) is 0. The fourth-order valence-electron chi connectivity index (χ4n) is 2.91. The van der Waals surface area contributed by atoms with E-state index < -0.39 is 10.0 Å². The number of sulfonamides is 1. The maximum atomic E-state index is 12.3. The Balaban J connectivity index is 1.61. The van der Waals surface area contributed by atoms with E-state index in [0.29, 0.717) is 26.1 Å². The number of benzene rings is 1. The van der Waals surface area contributed by atoms with Crippen LogP contribution in [0.1, 0.15) is 11.1 Å². The van der Waals surface area contributed by atoms with Crippen molar-refractivity contribution in [3.8, 4) is 0 Å². The van der Waals surface area contributed by atoms with Crippen LogP contribution in [0.3, 0.4) is 0 Å². The highest BCUT2D eigenvalue weighted by Crippen LogP contribution is 2.21. The molecule has 1 aliphatic heterocycles. The van der Waals surface area contributed by atoms with Crippen LogP contribution in [0.2, 0.25) is 0 Å². The lowest BCUT2D eigenvalue weighted by Crippen LogP contribution is -2.62. The van der Waals surface area contributed by atoms with Gasteiger partial charge in [0.1, 0.15) is 0 Å². The summed E-state index contributed by atoms with van der Waals surface area (Å²) in [5.74, 6) is 0.0276. The van der Waals surface area contributed by atoms with Gasteiger partial charge in [0, 0.05) is 32.0 Å². The van der Waals surface area contributed by atoms with E-state index in [1.165, 1.54) is 10.6 Å². The minimum Gasteiger partial charge on any atom is -0.339 e. The first-order valence-electron chi connectivity index (χ1n) is 8.11. The fraction of sp³-hybridized carbons (Fsp3) is 0.333. The predicted octanol–water partition coefficient (Wildman–Crippen LogP) is 1.30. The van der Waals surface area contributed by atoms with Crippen LogP contribution in [-0.2, 0) is 27.8 Å². The summed E-state index contributed by atoms with van der Waals surface area (Å²) in [4.78, 5) is 18.0. The van der Waals surface area contributed by atoms with Crippen molar-refractivity contribution in [3.05, 3.63) is 66.0 Å². The van der Waals surface area contributed by atoms with Gasteiger partial charge in [-0.3, -0.25) is 9.78 Å². The molecule has 0 radical (unpaired) electrons. The van der Waals surface area contributed by atoms with Crippen molar-refractivity contribution in [2.75, 3.05) is 19.3 Å². The SMILES string of the molecule is CS(=O)(=O)N(Cc1ccncc1)C1CN(C(=O)Cc2ccccc2)C1. The quantitative estimate of drug-likeness (QED) is 0.779. The molecule has 6 nitrogen and oxygen atoms in total. The monoisotopic (exact) mass is 359 g/mol.